The summed E-state index contributed by atoms with van der Waals surface area (Å²) in [5.41, 5.74) is 5.27. The second-order valence-electron chi connectivity index (χ2n) is 6.30. The molecule has 0 bridgehead atoms. The van der Waals surface area contributed by atoms with Crippen molar-refractivity contribution < 1.29 is 9.90 Å². The van der Waals surface area contributed by atoms with Crippen molar-refractivity contribution in [2.45, 2.75) is 63.4 Å². The van der Waals surface area contributed by atoms with Gasteiger partial charge >= 0.3 is 0 Å². The van der Waals surface area contributed by atoms with Crippen molar-refractivity contribution in [2.24, 2.45) is 11.1 Å². The minimum atomic E-state index is -0.627. The molecule has 18 heavy (non-hydrogen) atoms. The summed E-state index contributed by atoms with van der Waals surface area (Å²) in [5, 5.41) is 12.8. The predicted octanol–water partition coefficient (Wildman–Crippen LogP) is 1.32. The fourth-order valence-corrected chi connectivity index (χ4v) is 3.18. The van der Waals surface area contributed by atoms with E-state index in [0.717, 1.165) is 32.1 Å². The van der Waals surface area contributed by atoms with E-state index in [2.05, 4.69) is 5.32 Å². The third-order valence-electron chi connectivity index (χ3n) is 4.78. The summed E-state index contributed by atoms with van der Waals surface area (Å²) in [6.45, 7) is 1.01. The maximum atomic E-state index is 12.0. The zero-order valence-electron chi connectivity index (χ0n) is 11.2. The smallest absolute Gasteiger partial charge is 0.220 e. The molecule has 2 rings (SSSR count). The van der Waals surface area contributed by atoms with E-state index in [9.17, 15) is 9.90 Å². The van der Waals surface area contributed by atoms with Crippen molar-refractivity contribution in [3.05, 3.63) is 0 Å². The molecule has 0 aromatic rings. The van der Waals surface area contributed by atoms with Crippen molar-refractivity contribution in [1.29, 1.82) is 0 Å². The minimum Gasteiger partial charge on any atom is -0.388 e. The lowest BCUT2D eigenvalue weighted by atomic mass is 9.71. The molecule has 4 heteroatoms. The lowest BCUT2D eigenvalue weighted by Gasteiger charge is -2.38. The summed E-state index contributed by atoms with van der Waals surface area (Å²) >= 11 is 0. The van der Waals surface area contributed by atoms with Crippen LogP contribution in [0.5, 0.6) is 0 Å². The van der Waals surface area contributed by atoms with Gasteiger partial charge < -0.3 is 16.2 Å². The predicted molar refractivity (Wildman–Crippen MR) is 71.0 cm³/mol. The van der Waals surface area contributed by atoms with Crippen LogP contribution >= 0.6 is 0 Å². The fraction of sp³-hybridized carbons (Fsp3) is 0.929. The summed E-state index contributed by atoms with van der Waals surface area (Å²) in [6.07, 6.45) is 9.01. The van der Waals surface area contributed by atoms with Crippen LogP contribution in [0.15, 0.2) is 0 Å². The van der Waals surface area contributed by atoms with E-state index in [1.807, 2.05) is 0 Å². The number of amides is 1. The van der Waals surface area contributed by atoms with Crippen LogP contribution < -0.4 is 11.1 Å². The highest BCUT2D eigenvalue weighted by Crippen LogP contribution is 2.38. The summed E-state index contributed by atoms with van der Waals surface area (Å²) < 4.78 is 0. The molecule has 0 atom stereocenters. The van der Waals surface area contributed by atoms with E-state index >= 15 is 0 Å². The first-order valence-corrected chi connectivity index (χ1v) is 7.27. The zero-order chi connectivity index (χ0) is 13.1. The van der Waals surface area contributed by atoms with E-state index in [-0.39, 0.29) is 11.3 Å². The molecule has 2 aliphatic rings. The van der Waals surface area contributed by atoms with E-state index in [4.69, 9.17) is 5.73 Å². The lowest BCUT2D eigenvalue weighted by Crippen LogP contribution is -2.49. The van der Waals surface area contributed by atoms with Crippen LogP contribution in [0, 0.1) is 5.41 Å². The van der Waals surface area contributed by atoms with Gasteiger partial charge in [-0.3, -0.25) is 4.79 Å². The van der Waals surface area contributed by atoms with Gasteiger partial charge in [0.25, 0.3) is 0 Å². The number of nitrogens with one attached hydrogen (secondary N) is 1. The number of carbonyl (C=O) groups is 1. The molecule has 104 valence electrons. The van der Waals surface area contributed by atoms with Gasteiger partial charge in [-0.25, -0.2) is 0 Å². The first kappa shape index (κ1) is 13.8. The Kier molecular flexibility index (Phi) is 4.28. The van der Waals surface area contributed by atoms with Gasteiger partial charge in [-0.15, -0.1) is 0 Å². The van der Waals surface area contributed by atoms with Gasteiger partial charge in [-0.05, 0) is 44.1 Å². The minimum absolute atomic E-state index is 0.0184. The largest absolute Gasteiger partial charge is 0.388 e. The standard InChI is InChI=1S/C14H26N2O2/c15-10-13(5-2-1-3-6-13)9-12(17)16-11-14(18)7-4-8-14/h18H,1-11,15H2,(H,16,17). The Bertz CT molecular complexity index is 294. The second kappa shape index (κ2) is 5.57. The maximum Gasteiger partial charge on any atom is 0.220 e. The van der Waals surface area contributed by atoms with Gasteiger partial charge in [0, 0.05) is 13.0 Å². The second-order valence-corrected chi connectivity index (χ2v) is 6.30. The molecule has 0 spiro atoms. The Balaban J connectivity index is 1.78. The lowest BCUT2D eigenvalue weighted by molar-refractivity contribution is -0.126. The molecule has 0 unspecified atom stereocenters. The number of carbonyl (C=O) groups excluding carboxylic acids is 1. The van der Waals surface area contributed by atoms with Crippen LogP contribution in [0.3, 0.4) is 0 Å². The van der Waals surface area contributed by atoms with Gasteiger partial charge in [0.2, 0.25) is 5.91 Å². The van der Waals surface area contributed by atoms with E-state index in [0.29, 0.717) is 19.5 Å². The van der Waals surface area contributed by atoms with Crippen LogP contribution in [-0.2, 0) is 4.79 Å². The molecule has 4 N–H and O–H groups in total. The van der Waals surface area contributed by atoms with Crippen LogP contribution in [0.25, 0.3) is 0 Å². The molecule has 2 aliphatic carbocycles. The SMILES string of the molecule is NCC1(CC(=O)NCC2(O)CCC2)CCCCC1. The average molecular weight is 254 g/mol. The number of hydrogen-bond acceptors (Lipinski definition) is 3. The van der Waals surface area contributed by atoms with Gasteiger partial charge in [0.15, 0.2) is 0 Å². The number of aliphatic hydroxyl groups is 1. The molecule has 2 saturated carbocycles. The Labute approximate surface area is 109 Å². The molecular weight excluding hydrogens is 228 g/mol. The summed E-state index contributed by atoms with van der Waals surface area (Å²) in [4.78, 5) is 12.0. The Morgan fingerprint density at radius 3 is 2.28 bits per heavy atom. The van der Waals surface area contributed by atoms with Crippen molar-refractivity contribution in [2.75, 3.05) is 13.1 Å². The van der Waals surface area contributed by atoms with E-state index in [1.54, 1.807) is 0 Å². The van der Waals surface area contributed by atoms with E-state index in [1.165, 1.54) is 19.3 Å². The molecule has 0 saturated heterocycles. The van der Waals surface area contributed by atoms with Crippen molar-refractivity contribution in [1.82, 2.24) is 5.32 Å². The molecule has 0 heterocycles. The molecule has 0 aromatic carbocycles. The van der Waals surface area contributed by atoms with Gasteiger partial charge in [-0.2, -0.15) is 0 Å². The van der Waals surface area contributed by atoms with Crippen molar-refractivity contribution >= 4 is 5.91 Å². The quantitative estimate of drug-likeness (QED) is 0.692. The highest BCUT2D eigenvalue weighted by Gasteiger charge is 2.36. The maximum absolute atomic E-state index is 12.0. The Morgan fingerprint density at radius 1 is 1.11 bits per heavy atom. The summed E-state index contributed by atoms with van der Waals surface area (Å²) in [6, 6.07) is 0. The molecule has 0 radical (unpaired) electrons. The van der Waals surface area contributed by atoms with Crippen LogP contribution in [0.1, 0.15) is 57.8 Å². The first-order valence-electron chi connectivity index (χ1n) is 7.27. The average Bonchev–Trinajstić information content (AvgIpc) is 2.35. The number of nitrogens with two attached hydrogens (primary N) is 1. The van der Waals surface area contributed by atoms with Gasteiger partial charge in [0.1, 0.15) is 0 Å². The van der Waals surface area contributed by atoms with Gasteiger partial charge in [0.05, 0.1) is 5.60 Å². The highest BCUT2D eigenvalue weighted by atomic mass is 16.3. The zero-order valence-corrected chi connectivity index (χ0v) is 11.2. The monoisotopic (exact) mass is 254 g/mol. The molecular formula is C14H26N2O2. The summed E-state index contributed by atoms with van der Waals surface area (Å²) in [5.74, 6) is 0.0580. The van der Waals surface area contributed by atoms with Crippen molar-refractivity contribution in [3.8, 4) is 0 Å². The molecule has 2 fully saturated rings. The fourth-order valence-electron chi connectivity index (χ4n) is 3.18. The molecule has 0 aliphatic heterocycles. The molecule has 4 nitrogen and oxygen atoms in total. The Hall–Kier alpha value is -0.610. The van der Waals surface area contributed by atoms with Crippen LogP contribution in [0.2, 0.25) is 0 Å². The third-order valence-corrected chi connectivity index (χ3v) is 4.78. The van der Waals surface area contributed by atoms with Gasteiger partial charge in [-0.1, -0.05) is 19.3 Å². The first-order chi connectivity index (χ1) is 8.58. The summed E-state index contributed by atoms with van der Waals surface area (Å²) in [7, 11) is 0. The molecule has 0 aromatic heterocycles. The Morgan fingerprint density at radius 2 is 1.78 bits per heavy atom. The topological polar surface area (TPSA) is 75.4 Å². The third kappa shape index (κ3) is 3.23. The van der Waals surface area contributed by atoms with Crippen molar-refractivity contribution in [3.63, 3.8) is 0 Å². The van der Waals surface area contributed by atoms with Crippen LogP contribution in [-0.4, -0.2) is 29.7 Å². The molecule has 1 amide bonds. The number of rotatable bonds is 5. The highest BCUT2D eigenvalue weighted by molar-refractivity contribution is 5.76. The van der Waals surface area contributed by atoms with E-state index < -0.39 is 5.60 Å². The normalized spacial score (nSPS) is 25.2. The number of hydrogen-bond donors (Lipinski definition) is 3. The van der Waals surface area contributed by atoms with Crippen LogP contribution in [0.4, 0.5) is 0 Å².